The molecule has 1 aromatic carbocycles. The maximum Gasteiger partial charge on any atom is 0.236 e. The van der Waals surface area contributed by atoms with Crippen LogP contribution >= 0.6 is 11.3 Å². The lowest BCUT2D eigenvalue weighted by molar-refractivity contribution is -0.131. The quantitative estimate of drug-likeness (QED) is 0.808. The molecule has 0 aliphatic carbocycles. The minimum Gasteiger partial charge on any atom is -0.486 e. The fourth-order valence-electron chi connectivity index (χ4n) is 3.70. The molecule has 0 unspecified atom stereocenters. The number of benzene rings is 1. The minimum absolute atomic E-state index is 0.167. The van der Waals surface area contributed by atoms with Crippen LogP contribution in [0.2, 0.25) is 0 Å². The van der Waals surface area contributed by atoms with E-state index < -0.39 is 0 Å². The topological polar surface area (TPSA) is 42.0 Å². The van der Waals surface area contributed by atoms with Gasteiger partial charge in [0.25, 0.3) is 0 Å². The standard InChI is InChI=1S/C20H24N2O3S/c1-21(12-15-6-10-26-14-15)20(23)13-22-7-2-3-17(22)16-4-5-18-19(11-16)25-9-8-24-18/h4-6,10-11,14,17H,2-3,7-9,12-13H2,1H3/t17-/m0/s1. The Bertz CT molecular complexity index is 762. The molecule has 2 aliphatic rings. The van der Waals surface area contributed by atoms with Crippen molar-refractivity contribution in [1.29, 1.82) is 0 Å². The molecule has 2 aromatic rings. The predicted molar refractivity (Wildman–Crippen MR) is 102 cm³/mol. The summed E-state index contributed by atoms with van der Waals surface area (Å²) in [5.74, 6) is 1.80. The van der Waals surface area contributed by atoms with Crippen molar-refractivity contribution in [3.63, 3.8) is 0 Å². The molecular weight excluding hydrogens is 348 g/mol. The summed E-state index contributed by atoms with van der Waals surface area (Å²) in [5, 5.41) is 4.14. The van der Waals surface area contributed by atoms with Crippen LogP contribution in [0.5, 0.6) is 11.5 Å². The summed E-state index contributed by atoms with van der Waals surface area (Å²) in [6, 6.07) is 8.52. The molecule has 2 aliphatic heterocycles. The van der Waals surface area contributed by atoms with Crippen molar-refractivity contribution in [3.8, 4) is 11.5 Å². The van der Waals surface area contributed by atoms with Gasteiger partial charge in [-0.05, 0) is 59.5 Å². The molecule has 3 heterocycles. The first-order valence-corrected chi connectivity index (χ1v) is 10.0. The van der Waals surface area contributed by atoms with Gasteiger partial charge in [-0.3, -0.25) is 9.69 Å². The highest BCUT2D eigenvalue weighted by Crippen LogP contribution is 2.37. The molecule has 1 fully saturated rings. The van der Waals surface area contributed by atoms with Crippen LogP contribution in [0.15, 0.2) is 35.0 Å². The number of carbonyl (C=O) groups excluding carboxylic acids is 1. The fraction of sp³-hybridized carbons (Fsp3) is 0.450. The first-order valence-electron chi connectivity index (χ1n) is 9.09. The van der Waals surface area contributed by atoms with E-state index in [-0.39, 0.29) is 11.9 Å². The van der Waals surface area contributed by atoms with Gasteiger partial charge in [-0.15, -0.1) is 0 Å². The summed E-state index contributed by atoms with van der Waals surface area (Å²) < 4.78 is 11.3. The van der Waals surface area contributed by atoms with E-state index in [1.165, 1.54) is 11.1 Å². The van der Waals surface area contributed by atoms with Gasteiger partial charge < -0.3 is 14.4 Å². The van der Waals surface area contributed by atoms with Crippen LogP contribution in [0.25, 0.3) is 0 Å². The highest BCUT2D eigenvalue weighted by Gasteiger charge is 2.29. The Balaban J connectivity index is 1.42. The van der Waals surface area contributed by atoms with Gasteiger partial charge in [-0.25, -0.2) is 0 Å². The fourth-order valence-corrected chi connectivity index (χ4v) is 4.36. The molecule has 1 aromatic heterocycles. The third kappa shape index (κ3) is 3.71. The predicted octanol–water partition coefficient (Wildman–Crippen LogP) is 3.31. The highest BCUT2D eigenvalue weighted by atomic mass is 32.1. The van der Waals surface area contributed by atoms with E-state index in [4.69, 9.17) is 9.47 Å². The minimum atomic E-state index is 0.167. The van der Waals surface area contributed by atoms with Crippen molar-refractivity contribution in [3.05, 3.63) is 46.2 Å². The molecule has 138 valence electrons. The third-order valence-corrected chi connectivity index (χ3v) is 5.81. The summed E-state index contributed by atoms with van der Waals surface area (Å²) >= 11 is 1.66. The van der Waals surface area contributed by atoms with Crippen molar-refractivity contribution in [2.75, 3.05) is 33.4 Å². The molecule has 4 rings (SSSR count). The van der Waals surface area contributed by atoms with E-state index in [9.17, 15) is 4.79 Å². The van der Waals surface area contributed by atoms with Crippen molar-refractivity contribution in [1.82, 2.24) is 9.80 Å². The molecule has 0 radical (unpaired) electrons. The number of carbonyl (C=O) groups is 1. The molecule has 1 amide bonds. The number of ether oxygens (including phenoxy) is 2. The van der Waals surface area contributed by atoms with E-state index in [2.05, 4.69) is 28.5 Å². The van der Waals surface area contributed by atoms with Crippen molar-refractivity contribution >= 4 is 17.2 Å². The molecule has 26 heavy (non-hydrogen) atoms. The summed E-state index contributed by atoms with van der Waals surface area (Å²) in [5.41, 5.74) is 2.40. The number of hydrogen-bond donors (Lipinski definition) is 0. The molecule has 0 saturated carbocycles. The number of hydrogen-bond acceptors (Lipinski definition) is 5. The van der Waals surface area contributed by atoms with Gasteiger partial charge in [0.2, 0.25) is 5.91 Å². The van der Waals surface area contributed by atoms with Gasteiger partial charge >= 0.3 is 0 Å². The van der Waals surface area contributed by atoms with Gasteiger partial charge in [-0.2, -0.15) is 11.3 Å². The number of likely N-dealkylation sites (N-methyl/N-ethyl adjacent to an activating group) is 1. The summed E-state index contributed by atoms with van der Waals surface area (Å²) in [6.07, 6.45) is 2.18. The molecule has 6 heteroatoms. The molecule has 1 atom stereocenters. The first kappa shape index (κ1) is 17.4. The van der Waals surface area contributed by atoms with Crippen LogP contribution < -0.4 is 9.47 Å². The van der Waals surface area contributed by atoms with Crippen molar-refractivity contribution < 1.29 is 14.3 Å². The number of thiophene rings is 1. The zero-order valence-electron chi connectivity index (χ0n) is 15.0. The monoisotopic (exact) mass is 372 g/mol. The van der Waals surface area contributed by atoms with Gasteiger partial charge in [0, 0.05) is 19.6 Å². The zero-order chi connectivity index (χ0) is 17.9. The largest absolute Gasteiger partial charge is 0.486 e. The van der Waals surface area contributed by atoms with Crippen LogP contribution in [-0.4, -0.2) is 49.1 Å². The molecule has 5 nitrogen and oxygen atoms in total. The number of fused-ring (bicyclic) bond motifs is 1. The zero-order valence-corrected chi connectivity index (χ0v) is 15.8. The van der Waals surface area contributed by atoms with Gasteiger partial charge in [0.1, 0.15) is 13.2 Å². The number of rotatable bonds is 5. The molecule has 0 bridgehead atoms. The highest BCUT2D eigenvalue weighted by molar-refractivity contribution is 7.07. The second kappa shape index (κ2) is 7.68. The Hall–Kier alpha value is -2.05. The lowest BCUT2D eigenvalue weighted by atomic mass is 10.0. The van der Waals surface area contributed by atoms with Crippen LogP contribution in [-0.2, 0) is 11.3 Å². The Morgan fingerprint density at radius 2 is 2.12 bits per heavy atom. The number of nitrogens with zero attached hydrogens (tertiary/aromatic N) is 2. The van der Waals surface area contributed by atoms with Crippen LogP contribution in [0.3, 0.4) is 0 Å². The maximum absolute atomic E-state index is 12.7. The lowest BCUT2D eigenvalue weighted by Crippen LogP contribution is -2.37. The molecular formula is C20H24N2O3S. The number of amides is 1. The van der Waals surface area contributed by atoms with Crippen molar-refractivity contribution in [2.24, 2.45) is 0 Å². The van der Waals surface area contributed by atoms with Crippen molar-refractivity contribution in [2.45, 2.75) is 25.4 Å². The average molecular weight is 372 g/mol. The van der Waals surface area contributed by atoms with Gasteiger partial charge in [0.15, 0.2) is 11.5 Å². The number of likely N-dealkylation sites (tertiary alicyclic amines) is 1. The van der Waals surface area contributed by atoms with Gasteiger partial charge in [-0.1, -0.05) is 6.07 Å². The van der Waals surface area contributed by atoms with E-state index in [0.717, 1.165) is 30.9 Å². The van der Waals surface area contributed by atoms with E-state index in [0.29, 0.717) is 26.3 Å². The van der Waals surface area contributed by atoms with E-state index in [1.807, 2.05) is 23.4 Å². The average Bonchev–Trinajstić information content (AvgIpc) is 3.33. The first-order chi connectivity index (χ1) is 12.7. The molecule has 0 spiro atoms. The summed E-state index contributed by atoms with van der Waals surface area (Å²) in [4.78, 5) is 16.8. The van der Waals surface area contributed by atoms with Crippen LogP contribution in [0, 0.1) is 0 Å². The molecule has 1 saturated heterocycles. The lowest BCUT2D eigenvalue weighted by Gasteiger charge is -2.28. The van der Waals surface area contributed by atoms with E-state index in [1.54, 1.807) is 11.3 Å². The Morgan fingerprint density at radius 1 is 1.27 bits per heavy atom. The third-order valence-electron chi connectivity index (χ3n) is 5.08. The summed E-state index contributed by atoms with van der Waals surface area (Å²) in [6.45, 7) is 3.28. The summed E-state index contributed by atoms with van der Waals surface area (Å²) in [7, 11) is 1.88. The SMILES string of the molecule is CN(Cc1ccsc1)C(=O)CN1CCC[C@H]1c1ccc2c(c1)OCCO2. The second-order valence-corrected chi connectivity index (χ2v) is 7.69. The van der Waals surface area contributed by atoms with Crippen LogP contribution in [0.4, 0.5) is 0 Å². The Kier molecular flexibility index (Phi) is 5.13. The Labute approximate surface area is 158 Å². The van der Waals surface area contributed by atoms with Gasteiger partial charge in [0.05, 0.1) is 6.54 Å². The molecule has 0 N–H and O–H groups in total. The smallest absolute Gasteiger partial charge is 0.236 e. The van der Waals surface area contributed by atoms with Crippen LogP contribution in [0.1, 0.15) is 30.0 Å². The Morgan fingerprint density at radius 3 is 2.92 bits per heavy atom. The maximum atomic E-state index is 12.7. The van der Waals surface area contributed by atoms with E-state index >= 15 is 0 Å². The second-order valence-electron chi connectivity index (χ2n) is 6.91. The normalized spacial score (nSPS) is 19.5.